The Hall–Kier alpha value is -3.58. The molecule has 0 atom stereocenters. The highest BCUT2D eigenvalue weighted by molar-refractivity contribution is 6.11. The summed E-state index contributed by atoms with van der Waals surface area (Å²) in [5.74, 6) is 0.592. The lowest BCUT2D eigenvalue weighted by Crippen LogP contribution is -2.30. The van der Waals surface area contributed by atoms with Crippen molar-refractivity contribution in [2.24, 2.45) is 0 Å². The van der Waals surface area contributed by atoms with Gasteiger partial charge in [0.15, 0.2) is 0 Å². The van der Waals surface area contributed by atoms with Crippen molar-refractivity contribution in [2.45, 2.75) is 0 Å². The van der Waals surface area contributed by atoms with Gasteiger partial charge in [0, 0.05) is 34.7 Å². The number of ether oxygens (including phenoxy) is 4. The molecule has 30 heavy (non-hydrogen) atoms. The molecule has 0 saturated heterocycles. The molecule has 0 aliphatic rings. The minimum atomic E-state index is -0.645. The minimum absolute atomic E-state index is 0.0216. The highest BCUT2D eigenvalue weighted by Gasteiger charge is 2.18. The monoisotopic (exact) mass is 409 g/mol. The molecule has 7 nitrogen and oxygen atoms in total. The number of carbonyl (C=O) groups excluding carboxylic acids is 2. The van der Waals surface area contributed by atoms with Gasteiger partial charge in [-0.15, -0.1) is 0 Å². The van der Waals surface area contributed by atoms with Crippen molar-refractivity contribution in [1.29, 1.82) is 0 Å². The van der Waals surface area contributed by atoms with Gasteiger partial charge in [0.25, 0.3) is 0 Å². The fourth-order valence-electron chi connectivity index (χ4n) is 3.03. The molecule has 0 saturated carbocycles. The standard InChI is InChI=1S/C23H23NO6/c1-3-20(25)28-13-12-24-23(26)30-22-18-10-6-4-8-16(18)21(29-15-14-27-2)17-9-5-7-11-19(17)22/h3-11H,1,12-15H2,2H3,(H,24,26). The van der Waals surface area contributed by atoms with Gasteiger partial charge in [-0.1, -0.05) is 55.1 Å². The Labute approximate surface area is 174 Å². The fraction of sp³-hybridized carbons (Fsp3) is 0.217. The highest BCUT2D eigenvalue weighted by Crippen LogP contribution is 2.42. The van der Waals surface area contributed by atoms with Gasteiger partial charge in [-0.05, 0) is 0 Å². The third kappa shape index (κ3) is 4.87. The van der Waals surface area contributed by atoms with Crippen LogP contribution >= 0.6 is 0 Å². The third-order valence-corrected chi connectivity index (χ3v) is 4.34. The smallest absolute Gasteiger partial charge is 0.412 e. The summed E-state index contributed by atoms with van der Waals surface area (Å²) in [5, 5.41) is 5.73. The molecule has 156 valence electrons. The van der Waals surface area contributed by atoms with E-state index in [2.05, 4.69) is 11.9 Å². The molecular formula is C23H23NO6. The van der Waals surface area contributed by atoms with E-state index in [1.165, 1.54) is 0 Å². The van der Waals surface area contributed by atoms with Crippen LogP contribution in [0.15, 0.2) is 61.2 Å². The van der Waals surface area contributed by atoms with E-state index in [-0.39, 0.29) is 13.2 Å². The van der Waals surface area contributed by atoms with Gasteiger partial charge >= 0.3 is 12.1 Å². The van der Waals surface area contributed by atoms with Crippen LogP contribution in [0, 0.1) is 0 Å². The number of benzene rings is 3. The molecule has 0 fully saturated rings. The predicted octanol–water partition coefficient (Wildman–Crippen LogP) is 3.84. The average Bonchev–Trinajstić information content (AvgIpc) is 2.78. The number of amides is 1. The van der Waals surface area contributed by atoms with Gasteiger partial charge in [-0.3, -0.25) is 0 Å². The molecule has 3 rings (SSSR count). The maximum Gasteiger partial charge on any atom is 0.412 e. The normalized spacial score (nSPS) is 10.6. The molecule has 7 heteroatoms. The van der Waals surface area contributed by atoms with E-state index in [1.807, 2.05) is 48.5 Å². The van der Waals surface area contributed by atoms with Crippen molar-refractivity contribution in [2.75, 3.05) is 33.5 Å². The van der Waals surface area contributed by atoms with Gasteiger partial charge in [0.2, 0.25) is 0 Å². The molecule has 0 aromatic heterocycles. The number of hydrogen-bond donors (Lipinski definition) is 1. The van der Waals surface area contributed by atoms with Gasteiger partial charge < -0.3 is 24.3 Å². The Bertz CT molecular complexity index is 1010. The Kier molecular flexibility index (Phi) is 7.24. The third-order valence-electron chi connectivity index (χ3n) is 4.34. The Balaban J connectivity index is 1.90. The van der Waals surface area contributed by atoms with Gasteiger partial charge in [-0.25, -0.2) is 9.59 Å². The van der Waals surface area contributed by atoms with Crippen LogP contribution in [0.3, 0.4) is 0 Å². The fourth-order valence-corrected chi connectivity index (χ4v) is 3.03. The summed E-state index contributed by atoms with van der Waals surface area (Å²) in [4.78, 5) is 23.4. The second-order valence-corrected chi connectivity index (χ2v) is 6.28. The maximum atomic E-state index is 12.4. The molecule has 3 aromatic rings. The molecule has 0 aliphatic carbocycles. The van der Waals surface area contributed by atoms with Crippen molar-refractivity contribution in [3.63, 3.8) is 0 Å². The van der Waals surface area contributed by atoms with E-state index in [1.54, 1.807) is 7.11 Å². The minimum Gasteiger partial charge on any atom is -0.490 e. The zero-order valence-corrected chi connectivity index (χ0v) is 16.7. The van der Waals surface area contributed by atoms with E-state index in [0.717, 1.165) is 27.6 Å². The van der Waals surface area contributed by atoms with Crippen LogP contribution < -0.4 is 14.8 Å². The molecule has 0 unspecified atom stereocenters. The summed E-state index contributed by atoms with van der Waals surface area (Å²) >= 11 is 0. The first-order valence-electron chi connectivity index (χ1n) is 9.45. The van der Waals surface area contributed by atoms with Crippen molar-refractivity contribution < 1.29 is 28.5 Å². The molecule has 3 aromatic carbocycles. The summed E-state index contributed by atoms with van der Waals surface area (Å²) in [6.07, 6.45) is 0.417. The number of methoxy groups -OCH3 is 1. The summed E-state index contributed by atoms with van der Waals surface area (Å²) in [7, 11) is 1.62. The molecule has 0 heterocycles. The molecule has 1 N–H and O–H groups in total. The number of hydrogen-bond acceptors (Lipinski definition) is 6. The quantitative estimate of drug-likeness (QED) is 0.250. The maximum absolute atomic E-state index is 12.4. The van der Waals surface area contributed by atoms with Gasteiger partial charge in [0.05, 0.1) is 13.2 Å². The van der Waals surface area contributed by atoms with Crippen LogP contribution in [0.25, 0.3) is 21.5 Å². The first kappa shape index (κ1) is 21.1. The first-order valence-corrected chi connectivity index (χ1v) is 9.45. The van der Waals surface area contributed by atoms with Crippen LogP contribution in [0.2, 0.25) is 0 Å². The van der Waals surface area contributed by atoms with Crippen molar-refractivity contribution in [3.8, 4) is 11.5 Å². The Morgan fingerprint density at radius 1 is 0.900 bits per heavy atom. The number of esters is 1. The largest absolute Gasteiger partial charge is 0.490 e. The SMILES string of the molecule is C=CC(=O)OCCNC(=O)Oc1c2ccccc2c(OCCOC)c2ccccc12. The summed E-state index contributed by atoms with van der Waals surface area (Å²) in [5.41, 5.74) is 0. The first-order chi connectivity index (χ1) is 14.7. The average molecular weight is 409 g/mol. The molecule has 0 aliphatic heterocycles. The second kappa shape index (κ2) is 10.3. The van der Waals surface area contributed by atoms with E-state index in [0.29, 0.717) is 24.7 Å². The van der Waals surface area contributed by atoms with Gasteiger partial charge in [-0.2, -0.15) is 0 Å². The van der Waals surface area contributed by atoms with Crippen molar-refractivity contribution in [3.05, 3.63) is 61.2 Å². The number of rotatable bonds is 9. The molecule has 1 amide bonds. The molecule has 0 radical (unpaired) electrons. The molecular weight excluding hydrogens is 386 g/mol. The Morgan fingerprint density at radius 2 is 1.47 bits per heavy atom. The predicted molar refractivity (Wildman–Crippen MR) is 114 cm³/mol. The van der Waals surface area contributed by atoms with E-state index in [4.69, 9.17) is 18.9 Å². The van der Waals surface area contributed by atoms with Crippen LogP contribution in [-0.4, -0.2) is 45.5 Å². The number of carbonyl (C=O) groups is 2. The van der Waals surface area contributed by atoms with Crippen LogP contribution in [0.4, 0.5) is 4.79 Å². The highest BCUT2D eigenvalue weighted by atomic mass is 16.6. The number of fused-ring (bicyclic) bond motifs is 2. The lowest BCUT2D eigenvalue weighted by atomic mass is 10.0. The lowest BCUT2D eigenvalue weighted by molar-refractivity contribution is -0.137. The van der Waals surface area contributed by atoms with Crippen LogP contribution in [0.1, 0.15) is 0 Å². The lowest BCUT2D eigenvalue weighted by Gasteiger charge is -2.17. The van der Waals surface area contributed by atoms with Crippen LogP contribution in [0.5, 0.6) is 11.5 Å². The zero-order chi connectivity index (χ0) is 21.3. The number of nitrogens with one attached hydrogen (secondary N) is 1. The Morgan fingerprint density at radius 3 is 2.00 bits per heavy atom. The topological polar surface area (TPSA) is 83.1 Å². The van der Waals surface area contributed by atoms with E-state index >= 15 is 0 Å². The van der Waals surface area contributed by atoms with E-state index in [9.17, 15) is 9.59 Å². The van der Waals surface area contributed by atoms with Gasteiger partial charge in [0.1, 0.15) is 24.7 Å². The molecule has 0 spiro atoms. The summed E-state index contributed by atoms with van der Waals surface area (Å²) < 4.78 is 21.6. The van der Waals surface area contributed by atoms with Crippen molar-refractivity contribution >= 4 is 33.6 Å². The summed E-state index contributed by atoms with van der Waals surface area (Å²) in [6.45, 7) is 4.31. The van der Waals surface area contributed by atoms with Crippen molar-refractivity contribution in [1.82, 2.24) is 5.32 Å². The van der Waals surface area contributed by atoms with Crippen LogP contribution in [-0.2, 0) is 14.3 Å². The van der Waals surface area contributed by atoms with E-state index < -0.39 is 12.1 Å². The second-order valence-electron chi connectivity index (χ2n) is 6.28. The summed E-state index contributed by atoms with van der Waals surface area (Å²) in [6, 6.07) is 15.1. The zero-order valence-electron chi connectivity index (χ0n) is 16.7. The molecule has 0 bridgehead atoms.